The molecule has 0 aliphatic carbocycles. The summed E-state index contributed by atoms with van der Waals surface area (Å²) in [6, 6.07) is 7.26. The zero-order valence-electron chi connectivity index (χ0n) is 13.4. The van der Waals surface area contributed by atoms with Gasteiger partial charge in [-0.1, -0.05) is 6.08 Å². The van der Waals surface area contributed by atoms with E-state index in [1.165, 1.54) is 30.6 Å². The van der Waals surface area contributed by atoms with E-state index in [2.05, 4.69) is 44.9 Å². The highest BCUT2D eigenvalue weighted by Gasteiger charge is 2.26. The average molecular weight is 328 g/mol. The average Bonchev–Trinajstić information content (AvgIpc) is 3.27. The van der Waals surface area contributed by atoms with Gasteiger partial charge in [-0.05, 0) is 61.4 Å². The van der Waals surface area contributed by atoms with Gasteiger partial charge in [0.15, 0.2) is 0 Å². The van der Waals surface area contributed by atoms with Crippen molar-refractivity contribution in [3.63, 3.8) is 0 Å². The SMILES string of the molecule is NC(=Nc1ccc2c(c1)CCCN2C1CCNC1)C1CC=CS1. The Balaban J connectivity index is 1.56. The van der Waals surface area contributed by atoms with Crippen LogP contribution in [0.3, 0.4) is 0 Å². The Labute approximate surface area is 142 Å². The number of rotatable bonds is 3. The normalized spacial score (nSPS) is 27.5. The van der Waals surface area contributed by atoms with E-state index >= 15 is 0 Å². The van der Waals surface area contributed by atoms with Crippen molar-refractivity contribution in [3.05, 3.63) is 35.2 Å². The van der Waals surface area contributed by atoms with Crippen molar-refractivity contribution in [2.75, 3.05) is 24.5 Å². The maximum Gasteiger partial charge on any atom is 0.113 e. The molecule has 0 radical (unpaired) electrons. The molecule has 1 aromatic rings. The number of amidine groups is 1. The van der Waals surface area contributed by atoms with Crippen molar-refractivity contribution in [2.45, 2.75) is 37.0 Å². The van der Waals surface area contributed by atoms with Gasteiger partial charge in [0.1, 0.15) is 5.84 Å². The number of allylic oxidation sites excluding steroid dienone is 1. The Morgan fingerprint density at radius 2 is 2.35 bits per heavy atom. The second-order valence-corrected chi connectivity index (χ2v) is 7.64. The predicted molar refractivity (Wildman–Crippen MR) is 99.8 cm³/mol. The van der Waals surface area contributed by atoms with Crippen molar-refractivity contribution in [1.82, 2.24) is 5.32 Å². The minimum absolute atomic E-state index is 0.312. The molecule has 3 heterocycles. The standard InChI is InChI=1S/C18H24N4S/c19-18(17-4-2-10-23-17)21-14-5-6-16-13(11-14)3-1-9-22(16)15-7-8-20-12-15/h2,5-6,10-11,15,17,20H,1,3-4,7-9,12H2,(H2,19,21). The van der Waals surface area contributed by atoms with E-state index in [4.69, 9.17) is 5.73 Å². The molecule has 3 N–H and O–H groups in total. The highest BCUT2D eigenvalue weighted by Crippen LogP contribution is 2.33. The molecule has 0 amide bonds. The second kappa shape index (κ2) is 6.57. The highest BCUT2D eigenvalue weighted by atomic mass is 32.2. The maximum atomic E-state index is 6.18. The molecule has 0 bridgehead atoms. The van der Waals surface area contributed by atoms with Crippen LogP contribution in [0.4, 0.5) is 11.4 Å². The monoisotopic (exact) mass is 328 g/mol. The van der Waals surface area contributed by atoms with Crippen LogP contribution in [0, 0.1) is 0 Å². The van der Waals surface area contributed by atoms with Crippen LogP contribution in [0.1, 0.15) is 24.8 Å². The van der Waals surface area contributed by atoms with Gasteiger partial charge in [-0.25, -0.2) is 4.99 Å². The predicted octanol–water partition coefficient (Wildman–Crippen LogP) is 2.81. The number of aliphatic imine (C=N–C) groups is 1. The van der Waals surface area contributed by atoms with E-state index in [-0.39, 0.29) is 0 Å². The van der Waals surface area contributed by atoms with Gasteiger partial charge in [-0.3, -0.25) is 0 Å². The largest absolute Gasteiger partial charge is 0.386 e. The Bertz CT molecular complexity index is 626. The summed E-state index contributed by atoms with van der Waals surface area (Å²) in [5.74, 6) is 0.743. The molecule has 122 valence electrons. The summed E-state index contributed by atoms with van der Waals surface area (Å²) < 4.78 is 0. The molecule has 1 saturated heterocycles. The van der Waals surface area contributed by atoms with E-state index < -0.39 is 0 Å². The number of fused-ring (bicyclic) bond motifs is 1. The molecule has 0 saturated carbocycles. The molecule has 4 rings (SSSR count). The first kappa shape index (κ1) is 15.1. The number of nitrogens with two attached hydrogens (primary N) is 1. The molecule has 2 atom stereocenters. The molecule has 1 fully saturated rings. The van der Waals surface area contributed by atoms with E-state index in [1.807, 2.05) is 0 Å². The third-order valence-electron chi connectivity index (χ3n) is 4.97. The fraction of sp³-hybridized carbons (Fsp3) is 0.500. The Morgan fingerprint density at radius 3 is 3.13 bits per heavy atom. The first-order valence-corrected chi connectivity index (χ1v) is 9.50. The quantitative estimate of drug-likeness (QED) is 0.662. The topological polar surface area (TPSA) is 53.6 Å². The molecule has 3 aliphatic heterocycles. The van der Waals surface area contributed by atoms with Crippen LogP contribution in [0.15, 0.2) is 34.7 Å². The Hall–Kier alpha value is -1.46. The zero-order valence-corrected chi connectivity index (χ0v) is 14.2. The number of aryl methyl sites for hydroxylation is 1. The summed E-state index contributed by atoms with van der Waals surface area (Å²) in [6.45, 7) is 3.43. The highest BCUT2D eigenvalue weighted by molar-refractivity contribution is 8.03. The fourth-order valence-electron chi connectivity index (χ4n) is 3.76. The molecule has 0 aromatic heterocycles. The molecule has 3 aliphatic rings. The van der Waals surface area contributed by atoms with Crippen molar-refractivity contribution in [2.24, 2.45) is 10.7 Å². The summed E-state index contributed by atoms with van der Waals surface area (Å²) in [7, 11) is 0. The lowest BCUT2D eigenvalue weighted by atomic mass is 9.99. The number of thioether (sulfide) groups is 1. The summed E-state index contributed by atoms with van der Waals surface area (Å²) in [5, 5.41) is 5.91. The fourth-order valence-corrected chi connectivity index (χ4v) is 4.59. The minimum Gasteiger partial charge on any atom is -0.386 e. The van der Waals surface area contributed by atoms with Gasteiger partial charge in [0, 0.05) is 24.8 Å². The van der Waals surface area contributed by atoms with Crippen LogP contribution in [-0.2, 0) is 6.42 Å². The van der Waals surface area contributed by atoms with Crippen molar-refractivity contribution in [3.8, 4) is 0 Å². The minimum atomic E-state index is 0.312. The van der Waals surface area contributed by atoms with Gasteiger partial charge < -0.3 is 16.0 Å². The third kappa shape index (κ3) is 3.12. The zero-order chi connectivity index (χ0) is 15.6. The van der Waals surface area contributed by atoms with E-state index in [1.54, 1.807) is 11.8 Å². The molecule has 0 spiro atoms. The Kier molecular flexibility index (Phi) is 4.31. The van der Waals surface area contributed by atoms with Crippen LogP contribution in [0.5, 0.6) is 0 Å². The summed E-state index contributed by atoms with van der Waals surface area (Å²) >= 11 is 1.76. The maximum absolute atomic E-state index is 6.18. The van der Waals surface area contributed by atoms with E-state index in [9.17, 15) is 0 Å². The number of nitrogens with one attached hydrogen (secondary N) is 1. The van der Waals surface area contributed by atoms with Gasteiger partial charge in [0.05, 0.1) is 10.9 Å². The number of anilines is 1. The molecule has 1 aromatic carbocycles. The molecular formula is C18H24N4S. The number of benzene rings is 1. The van der Waals surface area contributed by atoms with Gasteiger partial charge in [-0.15, -0.1) is 11.8 Å². The van der Waals surface area contributed by atoms with Gasteiger partial charge in [0.25, 0.3) is 0 Å². The van der Waals surface area contributed by atoms with Crippen LogP contribution in [0.25, 0.3) is 0 Å². The number of hydrogen-bond acceptors (Lipinski definition) is 4. The molecule has 2 unspecified atom stereocenters. The van der Waals surface area contributed by atoms with Crippen molar-refractivity contribution >= 4 is 29.0 Å². The lowest BCUT2D eigenvalue weighted by Crippen LogP contribution is -2.40. The van der Waals surface area contributed by atoms with Gasteiger partial charge in [-0.2, -0.15) is 0 Å². The van der Waals surface area contributed by atoms with Gasteiger partial charge in [0.2, 0.25) is 0 Å². The molecule has 23 heavy (non-hydrogen) atoms. The van der Waals surface area contributed by atoms with Crippen LogP contribution in [0.2, 0.25) is 0 Å². The summed E-state index contributed by atoms with van der Waals surface area (Å²) in [4.78, 5) is 7.26. The Morgan fingerprint density at radius 1 is 1.39 bits per heavy atom. The van der Waals surface area contributed by atoms with Gasteiger partial charge >= 0.3 is 0 Å². The smallest absolute Gasteiger partial charge is 0.113 e. The van der Waals surface area contributed by atoms with Crippen LogP contribution in [-0.4, -0.2) is 36.8 Å². The second-order valence-electron chi connectivity index (χ2n) is 6.53. The molecule has 5 heteroatoms. The first-order valence-electron chi connectivity index (χ1n) is 8.56. The molecular weight excluding hydrogens is 304 g/mol. The number of nitrogens with zero attached hydrogens (tertiary/aromatic N) is 2. The lowest BCUT2D eigenvalue weighted by Gasteiger charge is -2.36. The van der Waals surface area contributed by atoms with Crippen molar-refractivity contribution < 1.29 is 0 Å². The van der Waals surface area contributed by atoms with Crippen LogP contribution >= 0.6 is 11.8 Å². The van der Waals surface area contributed by atoms with Crippen LogP contribution < -0.4 is 16.0 Å². The van der Waals surface area contributed by atoms with E-state index in [0.717, 1.165) is 37.5 Å². The molecule has 4 nitrogen and oxygen atoms in total. The van der Waals surface area contributed by atoms with Crippen molar-refractivity contribution in [1.29, 1.82) is 0 Å². The summed E-state index contributed by atoms with van der Waals surface area (Å²) in [5.41, 5.74) is 10.0. The number of hydrogen-bond donors (Lipinski definition) is 2. The first-order chi connectivity index (χ1) is 11.3. The lowest BCUT2D eigenvalue weighted by molar-refractivity contribution is 0.592. The summed E-state index contributed by atoms with van der Waals surface area (Å²) in [6.07, 6.45) is 6.78. The van der Waals surface area contributed by atoms with E-state index in [0.29, 0.717) is 11.3 Å². The third-order valence-corrected chi connectivity index (χ3v) is 6.08.